The minimum absolute atomic E-state index is 0.134. The van der Waals surface area contributed by atoms with Crippen molar-refractivity contribution in [3.05, 3.63) is 24.0 Å². The lowest BCUT2D eigenvalue weighted by Crippen LogP contribution is -2.54. The van der Waals surface area contributed by atoms with Crippen LogP contribution in [0.25, 0.3) is 0 Å². The molecule has 106 valence electrons. The Kier molecular flexibility index (Phi) is 3.30. The van der Waals surface area contributed by atoms with Gasteiger partial charge in [-0.15, -0.1) is 0 Å². The van der Waals surface area contributed by atoms with Crippen LogP contribution in [0, 0.1) is 5.92 Å². The van der Waals surface area contributed by atoms with Gasteiger partial charge in [-0.05, 0) is 24.8 Å². The van der Waals surface area contributed by atoms with Crippen molar-refractivity contribution in [1.82, 2.24) is 10.3 Å². The first-order valence-electron chi connectivity index (χ1n) is 6.87. The number of carbonyl (C=O) groups is 2. The summed E-state index contributed by atoms with van der Waals surface area (Å²) >= 11 is 0. The number of hydrogen-bond donors (Lipinski definition) is 2. The molecule has 2 atom stereocenters. The molecule has 1 amide bonds. The quantitative estimate of drug-likeness (QED) is 0.837. The standard InChI is InChI=1S/C14H17N3O3/c18-13-2-1-9-8-17(6-4-11(9)16-13)12-3-5-15-7-10(12)14(19)20/h3,5,7,9,11H,1-2,4,6,8H2,(H,16,18)(H,19,20). The summed E-state index contributed by atoms with van der Waals surface area (Å²) in [5, 5.41) is 12.3. The second-order valence-electron chi connectivity index (χ2n) is 5.41. The highest BCUT2D eigenvalue weighted by molar-refractivity contribution is 5.94. The van der Waals surface area contributed by atoms with Crippen molar-refractivity contribution in [2.75, 3.05) is 18.0 Å². The fourth-order valence-electron chi connectivity index (χ4n) is 3.16. The molecule has 2 fully saturated rings. The molecule has 0 aliphatic carbocycles. The largest absolute Gasteiger partial charge is 0.478 e. The Bertz CT molecular complexity index is 546. The zero-order valence-electron chi connectivity index (χ0n) is 11.1. The number of aromatic carboxylic acids is 1. The van der Waals surface area contributed by atoms with Crippen molar-refractivity contribution >= 4 is 17.6 Å². The average molecular weight is 275 g/mol. The summed E-state index contributed by atoms with van der Waals surface area (Å²) in [5.74, 6) is -0.418. The Morgan fingerprint density at radius 2 is 2.30 bits per heavy atom. The first-order chi connectivity index (χ1) is 9.65. The van der Waals surface area contributed by atoms with E-state index in [1.807, 2.05) is 0 Å². The predicted octanol–water partition coefficient (Wildman–Crippen LogP) is 0.885. The van der Waals surface area contributed by atoms with Gasteiger partial charge in [0.1, 0.15) is 5.56 Å². The number of nitrogens with zero attached hydrogens (tertiary/aromatic N) is 2. The van der Waals surface area contributed by atoms with Crippen LogP contribution in [-0.4, -0.2) is 41.1 Å². The highest BCUT2D eigenvalue weighted by Crippen LogP contribution is 2.30. The number of carbonyl (C=O) groups excluding carboxylic acids is 1. The summed E-state index contributed by atoms with van der Waals surface area (Å²) in [6.07, 6.45) is 5.32. The molecule has 3 heterocycles. The molecule has 2 saturated heterocycles. The van der Waals surface area contributed by atoms with Crippen molar-refractivity contribution in [3.8, 4) is 0 Å². The molecule has 2 aliphatic rings. The third-order valence-electron chi connectivity index (χ3n) is 4.19. The van der Waals surface area contributed by atoms with E-state index >= 15 is 0 Å². The third kappa shape index (κ3) is 2.33. The third-order valence-corrected chi connectivity index (χ3v) is 4.19. The minimum Gasteiger partial charge on any atom is -0.478 e. The normalized spacial score (nSPS) is 25.8. The molecule has 0 aromatic carbocycles. The van der Waals surface area contributed by atoms with E-state index in [1.54, 1.807) is 12.3 Å². The number of nitrogens with one attached hydrogen (secondary N) is 1. The molecule has 1 aromatic rings. The van der Waals surface area contributed by atoms with Gasteiger partial charge in [0.25, 0.3) is 0 Å². The van der Waals surface area contributed by atoms with Crippen LogP contribution in [0.5, 0.6) is 0 Å². The van der Waals surface area contributed by atoms with E-state index in [-0.39, 0.29) is 17.5 Å². The SMILES string of the molecule is O=C1CCC2CN(c3ccncc3C(=O)O)CCC2N1. The van der Waals surface area contributed by atoms with Gasteiger partial charge in [-0.3, -0.25) is 9.78 Å². The van der Waals surface area contributed by atoms with E-state index in [1.165, 1.54) is 6.20 Å². The number of rotatable bonds is 2. The summed E-state index contributed by atoms with van der Waals surface area (Å²) < 4.78 is 0. The number of carboxylic acid groups (broad SMARTS) is 1. The van der Waals surface area contributed by atoms with Crippen LogP contribution in [0.1, 0.15) is 29.6 Å². The van der Waals surface area contributed by atoms with Gasteiger partial charge in [-0.25, -0.2) is 4.79 Å². The van der Waals surface area contributed by atoms with E-state index in [9.17, 15) is 14.7 Å². The van der Waals surface area contributed by atoms with E-state index < -0.39 is 5.97 Å². The number of carboxylic acids is 1. The first-order valence-corrected chi connectivity index (χ1v) is 6.87. The van der Waals surface area contributed by atoms with E-state index in [4.69, 9.17) is 0 Å². The monoisotopic (exact) mass is 275 g/mol. The van der Waals surface area contributed by atoms with E-state index in [2.05, 4.69) is 15.2 Å². The molecule has 0 saturated carbocycles. The summed E-state index contributed by atoms with van der Waals surface area (Å²) in [4.78, 5) is 28.7. The van der Waals surface area contributed by atoms with Gasteiger partial charge < -0.3 is 15.3 Å². The Morgan fingerprint density at radius 1 is 1.45 bits per heavy atom. The second kappa shape index (κ2) is 5.11. The average Bonchev–Trinajstić information content (AvgIpc) is 2.46. The van der Waals surface area contributed by atoms with Gasteiger partial charge in [0.05, 0.1) is 5.69 Å². The summed E-state index contributed by atoms with van der Waals surface area (Å²) in [6.45, 7) is 1.54. The Hall–Kier alpha value is -2.11. The van der Waals surface area contributed by atoms with E-state index in [0.29, 0.717) is 12.3 Å². The van der Waals surface area contributed by atoms with Gasteiger partial charge in [0, 0.05) is 37.9 Å². The molecule has 0 radical (unpaired) electrons. The van der Waals surface area contributed by atoms with Gasteiger partial charge in [0.2, 0.25) is 5.91 Å². The van der Waals surface area contributed by atoms with Crippen molar-refractivity contribution in [2.45, 2.75) is 25.3 Å². The molecule has 3 rings (SSSR count). The van der Waals surface area contributed by atoms with Gasteiger partial charge in [0.15, 0.2) is 0 Å². The van der Waals surface area contributed by atoms with Crippen molar-refractivity contribution in [2.24, 2.45) is 5.92 Å². The summed E-state index contributed by atoms with van der Waals surface area (Å²) in [5.41, 5.74) is 0.966. The molecular formula is C14H17N3O3. The lowest BCUT2D eigenvalue weighted by atomic mass is 9.85. The fraction of sp³-hybridized carbons (Fsp3) is 0.500. The molecular weight excluding hydrogens is 258 g/mol. The molecule has 2 unspecified atom stereocenters. The van der Waals surface area contributed by atoms with E-state index in [0.717, 1.165) is 31.6 Å². The highest BCUT2D eigenvalue weighted by Gasteiger charge is 2.34. The lowest BCUT2D eigenvalue weighted by molar-refractivity contribution is -0.124. The minimum atomic E-state index is -0.952. The fourth-order valence-corrected chi connectivity index (χ4v) is 3.16. The molecule has 1 aromatic heterocycles. The number of fused-ring (bicyclic) bond motifs is 1. The zero-order chi connectivity index (χ0) is 14.1. The topological polar surface area (TPSA) is 82.5 Å². The summed E-state index contributed by atoms with van der Waals surface area (Å²) in [7, 11) is 0. The smallest absolute Gasteiger partial charge is 0.339 e. The van der Waals surface area contributed by atoms with Gasteiger partial charge in [-0.1, -0.05) is 0 Å². The first kappa shape index (κ1) is 12.9. The number of amides is 1. The number of anilines is 1. The molecule has 2 N–H and O–H groups in total. The molecule has 2 aliphatic heterocycles. The van der Waals surface area contributed by atoms with Crippen LogP contribution in [0.3, 0.4) is 0 Å². The maximum absolute atomic E-state index is 11.4. The number of aromatic nitrogens is 1. The molecule has 6 heteroatoms. The zero-order valence-corrected chi connectivity index (χ0v) is 11.1. The van der Waals surface area contributed by atoms with Gasteiger partial charge in [-0.2, -0.15) is 0 Å². The highest BCUT2D eigenvalue weighted by atomic mass is 16.4. The van der Waals surface area contributed by atoms with Gasteiger partial charge >= 0.3 is 5.97 Å². The molecule has 0 spiro atoms. The van der Waals surface area contributed by atoms with Crippen molar-refractivity contribution in [1.29, 1.82) is 0 Å². The molecule has 0 bridgehead atoms. The maximum Gasteiger partial charge on any atom is 0.339 e. The lowest BCUT2D eigenvalue weighted by Gasteiger charge is -2.42. The van der Waals surface area contributed by atoms with Crippen LogP contribution >= 0.6 is 0 Å². The Morgan fingerprint density at radius 3 is 3.10 bits per heavy atom. The number of pyridine rings is 1. The van der Waals surface area contributed by atoms with Crippen LogP contribution in [-0.2, 0) is 4.79 Å². The number of hydrogen-bond acceptors (Lipinski definition) is 4. The predicted molar refractivity (Wildman–Crippen MR) is 72.7 cm³/mol. The summed E-state index contributed by atoms with van der Waals surface area (Å²) in [6, 6.07) is 1.99. The Balaban J connectivity index is 1.80. The van der Waals surface area contributed by atoms with Crippen molar-refractivity contribution in [3.63, 3.8) is 0 Å². The molecule has 6 nitrogen and oxygen atoms in total. The number of piperidine rings is 2. The van der Waals surface area contributed by atoms with Crippen molar-refractivity contribution < 1.29 is 14.7 Å². The van der Waals surface area contributed by atoms with Crippen LogP contribution in [0.15, 0.2) is 18.5 Å². The van der Waals surface area contributed by atoms with Crippen LogP contribution in [0.2, 0.25) is 0 Å². The Labute approximate surface area is 116 Å². The second-order valence-corrected chi connectivity index (χ2v) is 5.41. The van der Waals surface area contributed by atoms with Crippen LogP contribution < -0.4 is 10.2 Å². The maximum atomic E-state index is 11.4. The van der Waals surface area contributed by atoms with Crippen LogP contribution in [0.4, 0.5) is 5.69 Å². The molecule has 20 heavy (non-hydrogen) atoms.